The fourth-order valence-electron chi connectivity index (χ4n) is 1.71. The van der Waals surface area contributed by atoms with Crippen molar-refractivity contribution in [2.45, 2.75) is 0 Å². The Morgan fingerprint density at radius 2 is 2.00 bits per heavy atom. The minimum absolute atomic E-state index is 0.707. The first-order valence-corrected chi connectivity index (χ1v) is 5.28. The van der Waals surface area contributed by atoms with E-state index in [2.05, 4.69) is 47.5 Å². The molecule has 0 saturated heterocycles. The lowest BCUT2D eigenvalue weighted by Gasteiger charge is -2.21. The Morgan fingerprint density at radius 1 is 1.20 bits per heavy atom. The molecule has 0 aromatic heterocycles. The van der Waals surface area contributed by atoms with Crippen molar-refractivity contribution < 1.29 is 0 Å². The zero-order chi connectivity index (χ0) is 10.5. The van der Waals surface area contributed by atoms with Crippen LogP contribution in [0.1, 0.15) is 5.56 Å². The normalized spacial score (nSPS) is 15.3. The van der Waals surface area contributed by atoms with E-state index in [-0.39, 0.29) is 0 Å². The molecule has 1 heterocycles. The molecule has 0 radical (unpaired) electrons. The highest BCUT2D eigenvalue weighted by Gasteiger charge is 2.04. The summed E-state index contributed by atoms with van der Waals surface area (Å²) in [5.74, 6) is 0. The number of rotatable bonds is 3. The molecule has 0 amide bonds. The molecule has 0 spiro atoms. The highest BCUT2D eigenvalue weighted by Crippen LogP contribution is 2.18. The molecular weight excluding hydrogens is 184 g/mol. The average Bonchev–Trinajstić information content (AvgIpc) is 2.32. The van der Waals surface area contributed by atoms with E-state index < -0.39 is 0 Å². The Morgan fingerprint density at radius 3 is 2.60 bits per heavy atom. The van der Waals surface area contributed by atoms with Gasteiger partial charge in [-0.2, -0.15) is 0 Å². The molecule has 0 fully saturated rings. The summed E-state index contributed by atoms with van der Waals surface area (Å²) in [6.07, 6.45) is 6.51. The molecule has 2 heteroatoms. The molecule has 1 aliphatic heterocycles. The number of hydrogen-bond acceptors (Lipinski definition) is 2. The number of benzene rings is 1. The van der Waals surface area contributed by atoms with Crippen LogP contribution in [0.15, 0.2) is 48.7 Å². The summed E-state index contributed by atoms with van der Waals surface area (Å²) in [5, 5.41) is 0. The summed E-state index contributed by atoms with van der Waals surface area (Å²) < 4.78 is 0. The van der Waals surface area contributed by atoms with Crippen LogP contribution in [0.3, 0.4) is 0 Å². The fourth-order valence-corrected chi connectivity index (χ4v) is 1.71. The van der Waals surface area contributed by atoms with Crippen molar-refractivity contribution in [2.75, 3.05) is 19.6 Å². The van der Waals surface area contributed by atoms with Gasteiger partial charge in [0.1, 0.15) is 0 Å². The molecule has 0 unspecified atom stereocenters. The third-order valence-electron chi connectivity index (χ3n) is 2.53. The predicted molar refractivity (Wildman–Crippen MR) is 64.2 cm³/mol. The highest BCUT2D eigenvalue weighted by molar-refractivity contribution is 5.74. The zero-order valence-corrected chi connectivity index (χ0v) is 8.76. The predicted octanol–water partition coefficient (Wildman–Crippen LogP) is 1.86. The molecule has 0 bridgehead atoms. The van der Waals surface area contributed by atoms with Gasteiger partial charge in [-0.1, -0.05) is 36.4 Å². The van der Waals surface area contributed by atoms with Crippen molar-refractivity contribution in [3.05, 3.63) is 54.2 Å². The molecule has 2 N–H and O–H groups in total. The molecule has 1 aromatic rings. The monoisotopic (exact) mass is 200 g/mol. The third-order valence-corrected chi connectivity index (χ3v) is 2.53. The lowest BCUT2D eigenvalue weighted by Crippen LogP contribution is -2.26. The molecule has 78 valence electrons. The van der Waals surface area contributed by atoms with Crippen LogP contribution in [0, 0.1) is 0 Å². The van der Waals surface area contributed by atoms with Gasteiger partial charge in [0.05, 0.1) is 0 Å². The maximum absolute atomic E-state index is 5.51. The smallest absolute Gasteiger partial charge is 0.0363 e. The van der Waals surface area contributed by atoms with Crippen molar-refractivity contribution in [3.63, 3.8) is 0 Å². The summed E-state index contributed by atoms with van der Waals surface area (Å²) in [7, 11) is 0. The van der Waals surface area contributed by atoms with Gasteiger partial charge in [0.2, 0.25) is 0 Å². The van der Waals surface area contributed by atoms with Crippen molar-refractivity contribution in [2.24, 2.45) is 5.73 Å². The maximum Gasteiger partial charge on any atom is 0.0363 e. The van der Waals surface area contributed by atoms with Crippen LogP contribution >= 0.6 is 0 Å². The van der Waals surface area contributed by atoms with Crippen LogP contribution in [0.25, 0.3) is 5.57 Å². The summed E-state index contributed by atoms with van der Waals surface area (Å²) in [5.41, 5.74) is 8.08. The van der Waals surface area contributed by atoms with Gasteiger partial charge >= 0.3 is 0 Å². The standard InChI is InChI=1S/C13H16N2/c14-8-11-15-9-6-13(7-10-15)12-4-2-1-3-5-12/h1-7,9H,8,10-11,14H2. The molecule has 1 aromatic carbocycles. The van der Waals surface area contributed by atoms with Gasteiger partial charge in [-0.3, -0.25) is 0 Å². The Bertz CT molecular complexity index is 365. The van der Waals surface area contributed by atoms with Crippen LogP contribution in [-0.4, -0.2) is 24.5 Å². The molecule has 0 atom stereocenters. The Kier molecular flexibility index (Phi) is 3.20. The molecule has 15 heavy (non-hydrogen) atoms. The molecular formula is C13H16N2. The maximum atomic E-state index is 5.51. The van der Waals surface area contributed by atoms with Crippen LogP contribution in [0.5, 0.6) is 0 Å². The minimum Gasteiger partial charge on any atom is -0.372 e. The molecule has 2 nitrogen and oxygen atoms in total. The van der Waals surface area contributed by atoms with E-state index in [0.29, 0.717) is 6.54 Å². The van der Waals surface area contributed by atoms with E-state index in [4.69, 9.17) is 5.73 Å². The highest BCUT2D eigenvalue weighted by atomic mass is 15.1. The number of nitrogens with zero attached hydrogens (tertiary/aromatic N) is 1. The van der Waals surface area contributed by atoms with Gasteiger partial charge in [0.25, 0.3) is 0 Å². The molecule has 0 aliphatic carbocycles. The van der Waals surface area contributed by atoms with Crippen molar-refractivity contribution in [1.29, 1.82) is 0 Å². The van der Waals surface area contributed by atoms with E-state index >= 15 is 0 Å². The lowest BCUT2D eigenvalue weighted by molar-refractivity contribution is 0.423. The topological polar surface area (TPSA) is 29.3 Å². The van der Waals surface area contributed by atoms with Crippen molar-refractivity contribution in [3.8, 4) is 0 Å². The summed E-state index contributed by atoms with van der Waals surface area (Å²) in [4.78, 5) is 2.21. The number of nitrogens with two attached hydrogens (primary N) is 1. The molecule has 0 saturated carbocycles. The first-order valence-electron chi connectivity index (χ1n) is 5.28. The Hall–Kier alpha value is -1.54. The first kappa shape index (κ1) is 9.99. The third kappa shape index (κ3) is 2.48. The van der Waals surface area contributed by atoms with Gasteiger partial charge in [0.15, 0.2) is 0 Å². The van der Waals surface area contributed by atoms with Crippen LogP contribution in [0.2, 0.25) is 0 Å². The number of allylic oxidation sites excluding steroid dienone is 2. The van der Waals surface area contributed by atoms with E-state index in [9.17, 15) is 0 Å². The second-order valence-corrected chi connectivity index (χ2v) is 3.62. The first-order chi connectivity index (χ1) is 7.40. The van der Waals surface area contributed by atoms with E-state index in [1.165, 1.54) is 11.1 Å². The summed E-state index contributed by atoms with van der Waals surface area (Å²) in [6.45, 7) is 2.59. The van der Waals surface area contributed by atoms with Crippen molar-refractivity contribution >= 4 is 5.57 Å². The van der Waals surface area contributed by atoms with Crippen LogP contribution in [0.4, 0.5) is 0 Å². The van der Waals surface area contributed by atoms with Gasteiger partial charge < -0.3 is 10.6 Å². The quantitative estimate of drug-likeness (QED) is 0.807. The largest absolute Gasteiger partial charge is 0.372 e. The molecule has 2 rings (SSSR count). The Balaban J connectivity index is 2.07. The Labute approximate surface area is 90.7 Å². The summed E-state index contributed by atoms with van der Waals surface area (Å²) in [6, 6.07) is 10.4. The minimum atomic E-state index is 0.707. The van der Waals surface area contributed by atoms with E-state index in [1.807, 2.05) is 6.07 Å². The van der Waals surface area contributed by atoms with Crippen molar-refractivity contribution in [1.82, 2.24) is 4.90 Å². The number of hydrogen-bond donors (Lipinski definition) is 1. The van der Waals surface area contributed by atoms with Gasteiger partial charge in [0, 0.05) is 19.6 Å². The van der Waals surface area contributed by atoms with Gasteiger partial charge in [-0.25, -0.2) is 0 Å². The average molecular weight is 200 g/mol. The van der Waals surface area contributed by atoms with Crippen LogP contribution in [-0.2, 0) is 0 Å². The fraction of sp³-hybridized carbons (Fsp3) is 0.231. The van der Waals surface area contributed by atoms with Crippen LogP contribution < -0.4 is 5.73 Å². The zero-order valence-electron chi connectivity index (χ0n) is 8.76. The second-order valence-electron chi connectivity index (χ2n) is 3.62. The van der Waals surface area contributed by atoms with Gasteiger partial charge in [-0.15, -0.1) is 0 Å². The molecule has 1 aliphatic rings. The second kappa shape index (κ2) is 4.80. The van der Waals surface area contributed by atoms with E-state index in [0.717, 1.165) is 13.1 Å². The summed E-state index contributed by atoms with van der Waals surface area (Å²) >= 11 is 0. The SMILES string of the molecule is NCCN1C=CC(c2ccccc2)=CC1. The van der Waals surface area contributed by atoms with Gasteiger partial charge in [-0.05, 0) is 23.4 Å². The lowest BCUT2D eigenvalue weighted by atomic mass is 10.0. The van der Waals surface area contributed by atoms with E-state index in [1.54, 1.807) is 0 Å².